The first kappa shape index (κ1) is 25.3. The minimum absolute atomic E-state index is 0.0154. The van der Waals surface area contributed by atoms with E-state index in [1.165, 1.54) is 0 Å². The molecule has 198 valence electrons. The minimum Gasteiger partial charge on any atom is -0.490 e. The Morgan fingerprint density at radius 3 is 2.32 bits per heavy atom. The van der Waals surface area contributed by atoms with E-state index in [1.807, 2.05) is 36.1 Å². The van der Waals surface area contributed by atoms with E-state index in [2.05, 4.69) is 5.10 Å². The van der Waals surface area contributed by atoms with E-state index in [0.29, 0.717) is 45.0 Å². The molecule has 10 nitrogen and oxygen atoms in total. The first-order chi connectivity index (χ1) is 17.9. The van der Waals surface area contributed by atoms with Crippen molar-refractivity contribution in [2.24, 2.45) is 0 Å². The topological polar surface area (TPSA) is 108 Å². The van der Waals surface area contributed by atoms with Crippen LogP contribution in [-0.4, -0.2) is 99.3 Å². The van der Waals surface area contributed by atoms with Crippen LogP contribution in [0, 0.1) is 6.92 Å². The summed E-state index contributed by atoms with van der Waals surface area (Å²) >= 11 is 0. The largest absolute Gasteiger partial charge is 0.490 e. The van der Waals surface area contributed by atoms with Gasteiger partial charge in [-0.05, 0) is 37.8 Å². The highest BCUT2D eigenvalue weighted by Crippen LogP contribution is 2.27. The number of benzene rings is 1. The van der Waals surface area contributed by atoms with Crippen LogP contribution in [0.4, 0.5) is 0 Å². The molecule has 3 aliphatic rings. The normalized spacial score (nSPS) is 18.2. The van der Waals surface area contributed by atoms with Crippen molar-refractivity contribution in [1.82, 2.24) is 24.5 Å². The highest BCUT2D eigenvalue weighted by Gasteiger charge is 2.32. The maximum atomic E-state index is 13.3. The van der Waals surface area contributed by atoms with Gasteiger partial charge in [0.1, 0.15) is 25.0 Å². The van der Waals surface area contributed by atoms with Gasteiger partial charge in [0, 0.05) is 63.4 Å². The van der Waals surface area contributed by atoms with Crippen LogP contribution in [0.25, 0.3) is 0 Å². The zero-order valence-electron chi connectivity index (χ0n) is 21.4. The number of hydrogen-bond donors (Lipinski definition) is 1. The highest BCUT2D eigenvalue weighted by molar-refractivity contribution is 5.94. The van der Waals surface area contributed by atoms with Gasteiger partial charge in [0.2, 0.25) is 11.8 Å². The van der Waals surface area contributed by atoms with Gasteiger partial charge in [-0.25, -0.2) is 0 Å². The fourth-order valence-electron chi connectivity index (χ4n) is 5.54. The van der Waals surface area contributed by atoms with Crippen molar-refractivity contribution in [3.63, 3.8) is 0 Å². The van der Waals surface area contributed by atoms with Crippen LogP contribution in [-0.2, 0) is 29.0 Å². The monoisotopic (exact) mass is 509 g/mol. The molecule has 3 heterocycles. The van der Waals surface area contributed by atoms with Crippen LogP contribution in [0.2, 0.25) is 0 Å². The average molecular weight is 510 g/mol. The Morgan fingerprint density at radius 2 is 1.62 bits per heavy atom. The molecule has 1 aromatic carbocycles. The summed E-state index contributed by atoms with van der Waals surface area (Å²) in [5.41, 5.74) is 3.49. The molecule has 1 aliphatic carbocycles. The predicted molar refractivity (Wildman–Crippen MR) is 135 cm³/mol. The molecule has 0 bridgehead atoms. The van der Waals surface area contributed by atoms with Gasteiger partial charge in [-0.15, -0.1) is 0 Å². The van der Waals surface area contributed by atoms with Gasteiger partial charge >= 0.3 is 0 Å². The number of hydrogen-bond acceptors (Lipinski definition) is 6. The number of aryl methyl sites for hydroxylation is 1. The van der Waals surface area contributed by atoms with Crippen LogP contribution in [0.15, 0.2) is 24.3 Å². The van der Waals surface area contributed by atoms with Crippen LogP contribution < -0.4 is 4.74 Å². The van der Waals surface area contributed by atoms with Gasteiger partial charge in [-0.2, -0.15) is 5.10 Å². The van der Waals surface area contributed by atoms with E-state index < -0.39 is 6.61 Å². The zero-order chi connectivity index (χ0) is 25.9. The van der Waals surface area contributed by atoms with E-state index in [9.17, 15) is 14.4 Å². The van der Waals surface area contributed by atoms with Crippen molar-refractivity contribution in [3.8, 4) is 5.75 Å². The van der Waals surface area contributed by atoms with Gasteiger partial charge in [0.05, 0.1) is 0 Å². The molecule has 2 aliphatic heterocycles. The van der Waals surface area contributed by atoms with Crippen LogP contribution in [0.1, 0.15) is 46.6 Å². The summed E-state index contributed by atoms with van der Waals surface area (Å²) < 4.78 is 7.91. The molecular formula is C27H35N5O5. The van der Waals surface area contributed by atoms with Gasteiger partial charge in [-0.3, -0.25) is 19.1 Å². The van der Waals surface area contributed by atoms with Crippen molar-refractivity contribution in [2.75, 3.05) is 45.9 Å². The minimum atomic E-state index is -0.517. The van der Waals surface area contributed by atoms with Crippen molar-refractivity contribution in [2.45, 2.75) is 51.7 Å². The molecule has 0 saturated carbocycles. The lowest BCUT2D eigenvalue weighted by molar-refractivity contribution is -0.135. The molecule has 5 rings (SSSR count). The average Bonchev–Trinajstić information content (AvgIpc) is 3.53. The summed E-state index contributed by atoms with van der Waals surface area (Å²) in [6.07, 6.45) is 4.21. The molecule has 1 aromatic heterocycles. The number of piperazine rings is 1. The van der Waals surface area contributed by atoms with E-state index in [1.54, 1.807) is 14.5 Å². The molecule has 3 amide bonds. The Hall–Kier alpha value is -3.40. The molecule has 2 saturated heterocycles. The van der Waals surface area contributed by atoms with Gasteiger partial charge in [0.25, 0.3) is 5.91 Å². The number of aliphatic hydroxyl groups is 1. The Morgan fingerprint density at radius 1 is 0.946 bits per heavy atom. The smallest absolute Gasteiger partial charge is 0.274 e. The van der Waals surface area contributed by atoms with Gasteiger partial charge in [0.15, 0.2) is 5.69 Å². The lowest BCUT2D eigenvalue weighted by atomic mass is 10.1. The van der Waals surface area contributed by atoms with E-state index in [-0.39, 0.29) is 30.4 Å². The third kappa shape index (κ3) is 5.34. The summed E-state index contributed by atoms with van der Waals surface area (Å²) in [5.74, 6) is 0.454. The number of aliphatic hydroxyl groups excluding tert-OH is 1. The van der Waals surface area contributed by atoms with Gasteiger partial charge < -0.3 is 24.5 Å². The molecule has 2 aromatic rings. The number of amides is 3. The van der Waals surface area contributed by atoms with Crippen molar-refractivity contribution < 1.29 is 24.2 Å². The molecule has 0 unspecified atom stereocenters. The number of fused-ring (bicyclic) bond motifs is 1. The molecule has 2 fully saturated rings. The summed E-state index contributed by atoms with van der Waals surface area (Å²) in [7, 11) is 0. The second-order valence-corrected chi connectivity index (χ2v) is 10.1. The number of aromatic nitrogens is 2. The lowest BCUT2D eigenvalue weighted by Gasteiger charge is -2.34. The summed E-state index contributed by atoms with van der Waals surface area (Å²) in [6, 6.07) is 7.99. The number of carbonyl (C=O) groups excluding carboxylic acids is 3. The lowest BCUT2D eigenvalue weighted by Crippen LogP contribution is -2.51. The van der Waals surface area contributed by atoms with Crippen LogP contribution in [0.3, 0.4) is 0 Å². The number of piperidine rings is 1. The number of ether oxygens (including phenoxy) is 1. The second kappa shape index (κ2) is 10.9. The molecular weight excluding hydrogens is 474 g/mol. The number of nitrogens with zero attached hydrogens (tertiary/aromatic N) is 5. The Balaban J connectivity index is 1.19. The third-order valence-electron chi connectivity index (χ3n) is 7.73. The fraction of sp³-hybridized carbons (Fsp3) is 0.556. The van der Waals surface area contributed by atoms with Gasteiger partial charge in [-0.1, -0.05) is 18.2 Å². The molecule has 0 spiro atoms. The maximum absolute atomic E-state index is 13.3. The number of carbonyl (C=O) groups is 3. The fourth-order valence-corrected chi connectivity index (χ4v) is 5.54. The summed E-state index contributed by atoms with van der Waals surface area (Å²) in [5, 5.41) is 13.7. The molecule has 37 heavy (non-hydrogen) atoms. The zero-order valence-corrected chi connectivity index (χ0v) is 21.4. The number of rotatable bonds is 6. The van der Waals surface area contributed by atoms with E-state index in [4.69, 9.17) is 9.84 Å². The SMILES string of the molecule is Cc1ccccc1OC1CCN(C(=O)Cn2nc(C(=O)N3CCN(C(=O)CO)CC3)c3c2CCC3)CC1. The highest BCUT2D eigenvalue weighted by atomic mass is 16.5. The number of para-hydroxylation sites is 1. The van der Waals surface area contributed by atoms with Crippen LogP contribution in [0.5, 0.6) is 5.75 Å². The quantitative estimate of drug-likeness (QED) is 0.623. The van der Waals surface area contributed by atoms with Crippen molar-refractivity contribution in [1.29, 1.82) is 0 Å². The van der Waals surface area contributed by atoms with E-state index >= 15 is 0 Å². The standard InChI is InChI=1S/C27H35N5O5/c1-19-5-2-3-8-23(19)37-20-9-11-29(12-10-20)24(34)17-32-22-7-4-6-21(22)26(28-32)27(36)31-15-13-30(14-16-31)25(35)18-33/h2-3,5,8,20,33H,4,6-7,9-18H2,1H3. The Kier molecular flexibility index (Phi) is 7.45. The Labute approximate surface area is 216 Å². The first-order valence-corrected chi connectivity index (χ1v) is 13.2. The van der Waals surface area contributed by atoms with Crippen LogP contribution >= 0.6 is 0 Å². The first-order valence-electron chi connectivity index (χ1n) is 13.2. The van der Waals surface area contributed by atoms with Crippen molar-refractivity contribution in [3.05, 3.63) is 46.8 Å². The third-order valence-corrected chi connectivity index (χ3v) is 7.73. The molecule has 0 atom stereocenters. The molecule has 0 radical (unpaired) electrons. The second-order valence-electron chi connectivity index (χ2n) is 10.1. The predicted octanol–water partition coefficient (Wildman–Crippen LogP) is 1.03. The number of likely N-dealkylation sites (tertiary alicyclic amines) is 1. The molecule has 10 heteroatoms. The Bertz CT molecular complexity index is 1160. The maximum Gasteiger partial charge on any atom is 0.274 e. The summed E-state index contributed by atoms with van der Waals surface area (Å²) in [4.78, 5) is 43.4. The van der Waals surface area contributed by atoms with E-state index in [0.717, 1.165) is 54.7 Å². The molecule has 1 N–H and O–H groups in total. The van der Waals surface area contributed by atoms with Crippen molar-refractivity contribution >= 4 is 17.7 Å². The summed E-state index contributed by atoms with van der Waals surface area (Å²) in [6.45, 7) is 4.55.